The molecular formula is C16H26ClNO2S. The third-order valence-electron chi connectivity index (χ3n) is 3.67. The average molecular weight is 332 g/mol. The first-order chi connectivity index (χ1) is 9.94. The van der Waals surface area contributed by atoms with Crippen molar-refractivity contribution in [2.75, 3.05) is 6.54 Å². The summed E-state index contributed by atoms with van der Waals surface area (Å²) >= 11 is 5.81. The molecule has 0 aliphatic rings. The molecule has 0 spiro atoms. The van der Waals surface area contributed by atoms with Crippen LogP contribution in [-0.2, 0) is 21.7 Å². The molecule has 0 bridgehead atoms. The highest BCUT2D eigenvalue weighted by molar-refractivity contribution is 7.88. The second-order valence-electron chi connectivity index (χ2n) is 5.43. The Morgan fingerprint density at radius 3 is 2.48 bits per heavy atom. The van der Waals surface area contributed by atoms with Gasteiger partial charge in [-0.3, -0.25) is 0 Å². The molecule has 1 aromatic carbocycles. The largest absolute Gasteiger partial charge is 0.218 e. The standard InChI is InChI=1S/C16H26ClNO2S/c1-4-6-10-18(14(3)5-2)21(19,20)13-16-9-7-8-15(11-16)12-17/h7-9,11,14H,4-6,10,12-13H2,1-3H3. The van der Waals surface area contributed by atoms with Crippen LogP contribution in [0.1, 0.15) is 51.2 Å². The van der Waals surface area contributed by atoms with Crippen LogP contribution in [0.5, 0.6) is 0 Å². The number of nitrogens with zero attached hydrogens (tertiary/aromatic N) is 1. The Hall–Kier alpha value is -0.580. The van der Waals surface area contributed by atoms with Gasteiger partial charge in [-0.05, 0) is 30.9 Å². The quantitative estimate of drug-likeness (QED) is 0.637. The van der Waals surface area contributed by atoms with Crippen LogP contribution >= 0.6 is 11.6 Å². The minimum absolute atomic E-state index is 0.0396. The van der Waals surface area contributed by atoms with E-state index in [4.69, 9.17) is 11.6 Å². The van der Waals surface area contributed by atoms with Crippen LogP contribution < -0.4 is 0 Å². The van der Waals surface area contributed by atoms with Crippen LogP contribution in [0.4, 0.5) is 0 Å². The van der Waals surface area contributed by atoms with E-state index < -0.39 is 10.0 Å². The number of alkyl halides is 1. The van der Waals surface area contributed by atoms with Crippen molar-refractivity contribution in [3.05, 3.63) is 35.4 Å². The predicted octanol–water partition coefficient (Wildman–Crippen LogP) is 4.16. The molecule has 21 heavy (non-hydrogen) atoms. The molecule has 0 fully saturated rings. The van der Waals surface area contributed by atoms with Crippen molar-refractivity contribution in [1.29, 1.82) is 0 Å². The number of unbranched alkanes of at least 4 members (excludes halogenated alkanes) is 1. The normalized spacial score (nSPS) is 13.6. The van der Waals surface area contributed by atoms with E-state index in [-0.39, 0.29) is 11.8 Å². The molecule has 1 rings (SSSR count). The van der Waals surface area contributed by atoms with Crippen LogP contribution in [0, 0.1) is 0 Å². The summed E-state index contributed by atoms with van der Waals surface area (Å²) in [6.07, 6.45) is 2.71. The van der Waals surface area contributed by atoms with Crippen LogP contribution in [0.2, 0.25) is 0 Å². The molecule has 3 nitrogen and oxygen atoms in total. The molecule has 0 saturated carbocycles. The van der Waals surface area contributed by atoms with Gasteiger partial charge in [0.2, 0.25) is 10.0 Å². The van der Waals surface area contributed by atoms with Crippen molar-refractivity contribution in [2.24, 2.45) is 0 Å². The van der Waals surface area contributed by atoms with Gasteiger partial charge in [0.1, 0.15) is 0 Å². The molecule has 1 aromatic rings. The summed E-state index contributed by atoms with van der Waals surface area (Å²) in [7, 11) is -3.29. The van der Waals surface area contributed by atoms with Gasteiger partial charge in [0.25, 0.3) is 0 Å². The number of halogens is 1. The van der Waals surface area contributed by atoms with Gasteiger partial charge >= 0.3 is 0 Å². The summed E-state index contributed by atoms with van der Waals surface area (Å²) in [6, 6.07) is 7.54. The molecule has 0 radical (unpaired) electrons. The topological polar surface area (TPSA) is 37.4 Å². The highest BCUT2D eigenvalue weighted by Crippen LogP contribution is 2.18. The Balaban J connectivity index is 2.94. The van der Waals surface area contributed by atoms with Crippen LogP contribution in [0.3, 0.4) is 0 Å². The SMILES string of the molecule is CCCCN(C(C)CC)S(=O)(=O)Cc1cccc(CCl)c1. The lowest BCUT2D eigenvalue weighted by Crippen LogP contribution is -2.39. The second-order valence-corrected chi connectivity index (χ2v) is 7.62. The van der Waals surface area contributed by atoms with E-state index in [2.05, 4.69) is 6.92 Å². The Kier molecular flexibility index (Phi) is 7.71. The van der Waals surface area contributed by atoms with E-state index in [0.29, 0.717) is 12.4 Å². The van der Waals surface area contributed by atoms with Gasteiger partial charge in [0.05, 0.1) is 5.75 Å². The zero-order valence-electron chi connectivity index (χ0n) is 13.2. The Morgan fingerprint density at radius 2 is 1.90 bits per heavy atom. The van der Waals surface area contributed by atoms with E-state index >= 15 is 0 Å². The third-order valence-corrected chi connectivity index (χ3v) is 5.93. The lowest BCUT2D eigenvalue weighted by Gasteiger charge is -2.27. The van der Waals surface area contributed by atoms with Crippen molar-refractivity contribution in [1.82, 2.24) is 4.31 Å². The summed E-state index contributed by atoms with van der Waals surface area (Å²) < 4.78 is 27.1. The fourth-order valence-electron chi connectivity index (χ4n) is 2.25. The molecule has 0 aromatic heterocycles. The van der Waals surface area contributed by atoms with Gasteiger partial charge in [-0.15, -0.1) is 11.6 Å². The monoisotopic (exact) mass is 331 g/mol. The summed E-state index contributed by atoms with van der Waals surface area (Å²) in [4.78, 5) is 0. The fraction of sp³-hybridized carbons (Fsp3) is 0.625. The van der Waals surface area contributed by atoms with E-state index in [0.717, 1.165) is 30.4 Å². The van der Waals surface area contributed by atoms with Crippen molar-refractivity contribution >= 4 is 21.6 Å². The van der Waals surface area contributed by atoms with E-state index in [1.165, 1.54) is 0 Å². The van der Waals surface area contributed by atoms with Gasteiger partial charge in [-0.25, -0.2) is 8.42 Å². The maximum Gasteiger partial charge on any atom is 0.218 e. The van der Waals surface area contributed by atoms with Gasteiger partial charge in [0.15, 0.2) is 0 Å². The number of hydrogen-bond donors (Lipinski definition) is 0. The second kappa shape index (κ2) is 8.76. The predicted molar refractivity (Wildman–Crippen MR) is 90.0 cm³/mol. The lowest BCUT2D eigenvalue weighted by atomic mass is 10.2. The maximum absolute atomic E-state index is 12.7. The molecule has 0 saturated heterocycles. The summed E-state index contributed by atoms with van der Waals surface area (Å²) in [6.45, 7) is 6.67. The molecule has 0 N–H and O–H groups in total. The number of hydrogen-bond acceptors (Lipinski definition) is 2. The average Bonchev–Trinajstić information content (AvgIpc) is 2.46. The minimum Gasteiger partial charge on any atom is -0.212 e. The van der Waals surface area contributed by atoms with Crippen LogP contribution in [0.25, 0.3) is 0 Å². The van der Waals surface area contributed by atoms with Gasteiger partial charge in [-0.2, -0.15) is 4.31 Å². The zero-order chi connectivity index (χ0) is 15.9. The third kappa shape index (κ3) is 5.61. The summed E-state index contributed by atoms with van der Waals surface area (Å²) in [5, 5.41) is 0. The summed E-state index contributed by atoms with van der Waals surface area (Å²) in [5.74, 6) is 0.449. The number of rotatable bonds is 9. The fourth-order valence-corrected chi connectivity index (χ4v) is 4.28. The smallest absolute Gasteiger partial charge is 0.212 e. The van der Waals surface area contributed by atoms with E-state index in [1.54, 1.807) is 4.31 Å². The number of benzene rings is 1. The van der Waals surface area contributed by atoms with Crippen molar-refractivity contribution < 1.29 is 8.42 Å². The van der Waals surface area contributed by atoms with Gasteiger partial charge in [-0.1, -0.05) is 44.5 Å². The highest BCUT2D eigenvalue weighted by atomic mass is 35.5. The van der Waals surface area contributed by atoms with E-state index in [1.807, 2.05) is 38.1 Å². The molecule has 1 unspecified atom stereocenters. The molecule has 5 heteroatoms. The maximum atomic E-state index is 12.7. The molecule has 0 aliphatic heterocycles. The number of sulfonamides is 1. The Morgan fingerprint density at radius 1 is 1.24 bits per heavy atom. The molecule has 120 valence electrons. The molecular weight excluding hydrogens is 306 g/mol. The molecule has 0 heterocycles. The minimum atomic E-state index is -3.29. The first-order valence-corrected chi connectivity index (χ1v) is 9.72. The van der Waals surface area contributed by atoms with Gasteiger partial charge < -0.3 is 0 Å². The zero-order valence-corrected chi connectivity index (χ0v) is 14.8. The molecule has 0 amide bonds. The first-order valence-electron chi connectivity index (χ1n) is 7.57. The first kappa shape index (κ1) is 18.5. The van der Waals surface area contributed by atoms with Crippen molar-refractivity contribution in [3.8, 4) is 0 Å². The molecule has 1 atom stereocenters. The van der Waals surface area contributed by atoms with Crippen LogP contribution in [0.15, 0.2) is 24.3 Å². The van der Waals surface area contributed by atoms with Crippen molar-refractivity contribution in [3.63, 3.8) is 0 Å². The highest BCUT2D eigenvalue weighted by Gasteiger charge is 2.26. The van der Waals surface area contributed by atoms with Gasteiger partial charge in [0, 0.05) is 18.5 Å². The molecule has 0 aliphatic carbocycles. The van der Waals surface area contributed by atoms with Crippen molar-refractivity contribution in [2.45, 2.75) is 57.7 Å². The Labute approximate surface area is 134 Å². The summed E-state index contributed by atoms with van der Waals surface area (Å²) in [5.41, 5.74) is 1.76. The van der Waals surface area contributed by atoms with Crippen LogP contribution in [-0.4, -0.2) is 25.3 Å². The van der Waals surface area contributed by atoms with E-state index in [9.17, 15) is 8.42 Å². The lowest BCUT2D eigenvalue weighted by molar-refractivity contribution is 0.324. The Bertz CT molecular complexity index is 531.